The predicted octanol–water partition coefficient (Wildman–Crippen LogP) is 0.0689. The average Bonchev–Trinajstić information content (AvgIpc) is 2.80. The van der Waals surface area contributed by atoms with Crippen LogP contribution in [0, 0.1) is 11.8 Å². The fourth-order valence-corrected chi connectivity index (χ4v) is 1.31. The van der Waals surface area contributed by atoms with Crippen LogP contribution in [0.4, 0.5) is 5.82 Å². The average molecular weight is 195 g/mol. The van der Waals surface area contributed by atoms with Crippen LogP contribution in [0.25, 0.3) is 0 Å². The van der Waals surface area contributed by atoms with E-state index in [1.807, 2.05) is 0 Å². The Kier molecular flexibility index (Phi) is 1.95. The zero-order chi connectivity index (χ0) is 10.1. The fourth-order valence-electron chi connectivity index (χ4n) is 1.31. The minimum absolute atomic E-state index is 0.262. The summed E-state index contributed by atoms with van der Waals surface area (Å²) in [5.74, 6) is -1.59. The Morgan fingerprint density at radius 3 is 2.86 bits per heavy atom. The molecule has 1 aromatic rings. The van der Waals surface area contributed by atoms with Crippen molar-refractivity contribution in [2.24, 2.45) is 11.8 Å². The number of amides is 1. The lowest BCUT2D eigenvalue weighted by molar-refractivity contribution is -0.139. The molecule has 1 saturated carbocycles. The molecule has 74 valence electrons. The molecule has 1 aromatic heterocycles. The Labute approximate surface area is 79.3 Å². The van der Waals surface area contributed by atoms with Gasteiger partial charge in [-0.05, 0) is 6.42 Å². The van der Waals surface area contributed by atoms with Crippen LogP contribution in [0.3, 0.4) is 0 Å². The van der Waals surface area contributed by atoms with Gasteiger partial charge in [0.1, 0.15) is 5.82 Å². The molecule has 0 radical (unpaired) electrons. The molecule has 0 spiro atoms. The third-order valence-electron chi connectivity index (χ3n) is 2.20. The highest BCUT2D eigenvalue weighted by Crippen LogP contribution is 2.39. The number of H-pyrrole nitrogens is 1. The predicted molar refractivity (Wildman–Crippen MR) is 46.5 cm³/mol. The molecular weight excluding hydrogens is 186 g/mol. The van der Waals surface area contributed by atoms with Crippen molar-refractivity contribution in [1.82, 2.24) is 10.2 Å². The largest absolute Gasteiger partial charge is 0.481 e. The summed E-state index contributed by atoms with van der Waals surface area (Å²) in [6.45, 7) is 0. The Hall–Kier alpha value is -1.85. The van der Waals surface area contributed by atoms with Gasteiger partial charge in [-0.2, -0.15) is 5.10 Å². The van der Waals surface area contributed by atoms with Crippen molar-refractivity contribution in [2.45, 2.75) is 6.42 Å². The molecule has 1 aliphatic rings. The van der Waals surface area contributed by atoms with E-state index in [0.29, 0.717) is 12.2 Å². The van der Waals surface area contributed by atoms with Gasteiger partial charge >= 0.3 is 5.97 Å². The van der Waals surface area contributed by atoms with Gasteiger partial charge in [-0.3, -0.25) is 14.7 Å². The number of aromatic nitrogens is 2. The van der Waals surface area contributed by atoms with Gasteiger partial charge in [0.2, 0.25) is 5.91 Å². The maximum Gasteiger partial charge on any atom is 0.307 e. The van der Waals surface area contributed by atoms with Crippen molar-refractivity contribution < 1.29 is 14.7 Å². The summed E-state index contributed by atoms with van der Waals surface area (Å²) < 4.78 is 0. The zero-order valence-corrected chi connectivity index (χ0v) is 7.23. The molecule has 1 aliphatic carbocycles. The molecule has 14 heavy (non-hydrogen) atoms. The molecule has 2 atom stereocenters. The summed E-state index contributed by atoms with van der Waals surface area (Å²) in [5, 5.41) is 17.4. The number of carbonyl (C=O) groups excluding carboxylic acids is 1. The van der Waals surface area contributed by atoms with E-state index in [0.717, 1.165) is 0 Å². The molecule has 6 heteroatoms. The maximum absolute atomic E-state index is 11.4. The summed E-state index contributed by atoms with van der Waals surface area (Å²) in [6.07, 6.45) is 1.94. The van der Waals surface area contributed by atoms with E-state index in [2.05, 4.69) is 15.5 Å². The highest BCUT2D eigenvalue weighted by atomic mass is 16.4. The van der Waals surface area contributed by atoms with Crippen LogP contribution in [0.5, 0.6) is 0 Å². The topological polar surface area (TPSA) is 95.1 Å². The highest BCUT2D eigenvalue weighted by Gasteiger charge is 2.48. The van der Waals surface area contributed by atoms with E-state index in [-0.39, 0.29) is 5.91 Å². The lowest BCUT2D eigenvalue weighted by atomic mass is 10.3. The third-order valence-corrected chi connectivity index (χ3v) is 2.20. The first kappa shape index (κ1) is 8.74. The molecule has 0 saturated heterocycles. The van der Waals surface area contributed by atoms with Gasteiger partial charge in [0.25, 0.3) is 0 Å². The van der Waals surface area contributed by atoms with Gasteiger partial charge in [-0.15, -0.1) is 0 Å². The molecule has 1 fully saturated rings. The van der Waals surface area contributed by atoms with E-state index in [4.69, 9.17) is 5.11 Å². The first-order valence-corrected chi connectivity index (χ1v) is 4.21. The van der Waals surface area contributed by atoms with Crippen molar-refractivity contribution >= 4 is 17.7 Å². The summed E-state index contributed by atoms with van der Waals surface area (Å²) in [5.41, 5.74) is 0. The first-order chi connectivity index (χ1) is 6.68. The summed E-state index contributed by atoms with van der Waals surface area (Å²) >= 11 is 0. The second kappa shape index (κ2) is 3.13. The standard InChI is InChI=1S/C8H9N3O3/c12-7(4-3-5(4)8(13)14)10-6-1-2-9-11-6/h1-2,4-5H,3H2,(H,13,14)(H2,9,10,11,12). The quantitative estimate of drug-likeness (QED) is 0.636. The van der Waals surface area contributed by atoms with Gasteiger partial charge in [0.15, 0.2) is 0 Å². The number of carboxylic acids is 1. The molecule has 2 unspecified atom stereocenters. The first-order valence-electron chi connectivity index (χ1n) is 4.21. The molecular formula is C8H9N3O3. The van der Waals surface area contributed by atoms with Crippen molar-refractivity contribution in [3.8, 4) is 0 Å². The number of aromatic amines is 1. The second-order valence-corrected chi connectivity index (χ2v) is 3.25. The normalized spacial score (nSPS) is 24.3. The summed E-state index contributed by atoms with van der Waals surface area (Å²) in [6, 6.07) is 1.61. The van der Waals surface area contributed by atoms with Gasteiger partial charge < -0.3 is 10.4 Å². The number of hydrogen-bond donors (Lipinski definition) is 3. The van der Waals surface area contributed by atoms with Crippen LogP contribution < -0.4 is 5.32 Å². The van der Waals surface area contributed by atoms with Gasteiger partial charge in [0, 0.05) is 6.07 Å². The molecule has 3 N–H and O–H groups in total. The van der Waals surface area contributed by atoms with E-state index in [9.17, 15) is 9.59 Å². The van der Waals surface area contributed by atoms with Crippen LogP contribution in [0.2, 0.25) is 0 Å². The molecule has 6 nitrogen and oxygen atoms in total. The molecule has 2 rings (SSSR count). The minimum Gasteiger partial charge on any atom is -0.481 e. The van der Waals surface area contributed by atoms with E-state index < -0.39 is 17.8 Å². The van der Waals surface area contributed by atoms with Crippen LogP contribution >= 0.6 is 0 Å². The van der Waals surface area contributed by atoms with Crippen LogP contribution in [-0.2, 0) is 9.59 Å². The van der Waals surface area contributed by atoms with Crippen molar-refractivity contribution in [3.05, 3.63) is 12.3 Å². The lowest BCUT2D eigenvalue weighted by Crippen LogP contribution is -2.16. The highest BCUT2D eigenvalue weighted by molar-refractivity contribution is 5.97. The fraction of sp³-hybridized carbons (Fsp3) is 0.375. The van der Waals surface area contributed by atoms with Gasteiger partial charge in [-0.1, -0.05) is 0 Å². The number of anilines is 1. The van der Waals surface area contributed by atoms with E-state index >= 15 is 0 Å². The Morgan fingerprint density at radius 1 is 1.57 bits per heavy atom. The number of nitrogens with zero attached hydrogens (tertiary/aromatic N) is 1. The zero-order valence-electron chi connectivity index (χ0n) is 7.23. The van der Waals surface area contributed by atoms with Crippen LogP contribution in [-0.4, -0.2) is 27.2 Å². The Bertz CT molecular complexity index is 360. The number of hydrogen-bond acceptors (Lipinski definition) is 3. The molecule has 0 aromatic carbocycles. The molecule has 1 heterocycles. The lowest BCUT2D eigenvalue weighted by Gasteiger charge is -1.99. The number of carbonyl (C=O) groups is 2. The summed E-state index contributed by atoms with van der Waals surface area (Å²) in [4.78, 5) is 21.8. The van der Waals surface area contributed by atoms with Gasteiger partial charge in [0.05, 0.1) is 18.0 Å². The Balaban J connectivity index is 1.90. The van der Waals surface area contributed by atoms with Crippen molar-refractivity contribution in [3.63, 3.8) is 0 Å². The van der Waals surface area contributed by atoms with Crippen LogP contribution in [0.1, 0.15) is 6.42 Å². The van der Waals surface area contributed by atoms with Crippen molar-refractivity contribution in [2.75, 3.05) is 5.32 Å². The van der Waals surface area contributed by atoms with Crippen LogP contribution in [0.15, 0.2) is 12.3 Å². The van der Waals surface area contributed by atoms with Crippen molar-refractivity contribution in [1.29, 1.82) is 0 Å². The third kappa shape index (κ3) is 1.59. The Morgan fingerprint density at radius 2 is 2.36 bits per heavy atom. The summed E-state index contributed by atoms with van der Waals surface area (Å²) in [7, 11) is 0. The number of carboxylic acid groups (broad SMARTS) is 1. The minimum atomic E-state index is -0.908. The molecule has 1 amide bonds. The molecule has 0 aliphatic heterocycles. The van der Waals surface area contributed by atoms with Gasteiger partial charge in [-0.25, -0.2) is 0 Å². The number of rotatable bonds is 3. The SMILES string of the molecule is O=C(O)C1CC1C(=O)Nc1ccn[nH]1. The number of nitrogens with one attached hydrogen (secondary N) is 2. The smallest absolute Gasteiger partial charge is 0.307 e. The number of aliphatic carboxylic acids is 1. The molecule has 0 bridgehead atoms. The van der Waals surface area contributed by atoms with E-state index in [1.54, 1.807) is 6.07 Å². The second-order valence-electron chi connectivity index (χ2n) is 3.25. The maximum atomic E-state index is 11.4. The van der Waals surface area contributed by atoms with E-state index in [1.165, 1.54) is 6.20 Å². The monoisotopic (exact) mass is 195 g/mol.